The number of amides is 2. The molecule has 2 heterocycles. The maximum atomic E-state index is 12.7. The fourth-order valence-corrected chi connectivity index (χ4v) is 5.02. The third kappa shape index (κ3) is 6.28. The fraction of sp³-hybridized carbons (Fsp3) is 0.0769. The van der Waals surface area contributed by atoms with Crippen molar-refractivity contribution in [2.45, 2.75) is 11.9 Å². The van der Waals surface area contributed by atoms with Gasteiger partial charge in [0.2, 0.25) is 11.8 Å². The number of thiophene rings is 1. The van der Waals surface area contributed by atoms with Crippen molar-refractivity contribution >= 4 is 57.9 Å². The standard InChI is InChI=1S/C26H19ClN4O2S2/c1-16(32)29-19-4-2-5-20(12-19)30-25(33)15-35-26-22(14-28)21(24-6-3-11-34-24)13-23(31-26)17-7-9-18(27)10-8-17/h2-13H,15H2,1H3,(H,29,32)(H,30,33). The Hall–Kier alpha value is -3.64. The molecule has 0 aliphatic rings. The number of benzene rings is 2. The van der Waals surface area contributed by atoms with E-state index in [4.69, 9.17) is 16.6 Å². The summed E-state index contributed by atoms with van der Waals surface area (Å²) >= 11 is 8.78. The molecule has 2 N–H and O–H groups in total. The van der Waals surface area contributed by atoms with Gasteiger partial charge in [-0.2, -0.15) is 5.26 Å². The van der Waals surface area contributed by atoms with Gasteiger partial charge in [0.05, 0.1) is 17.0 Å². The Morgan fingerprint density at radius 3 is 2.46 bits per heavy atom. The Morgan fingerprint density at radius 1 is 1.06 bits per heavy atom. The summed E-state index contributed by atoms with van der Waals surface area (Å²) in [6.07, 6.45) is 0. The first kappa shape index (κ1) is 24.5. The molecule has 0 saturated heterocycles. The third-order valence-corrected chi connectivity index (χ3v) is 6.96. The molecule has 4 rings (SSSR count). The summed E-state index contributed by atoms with van der Waals surface area (Å²) in [5.41, 5.74) is 3.90. The first-order valence-electron chi connectivity index (χ1n) is 10.5. The quantitative estimate of drug-likeness (QED) is 0.266. The number of carbonyl (C=O) groups excluding carboxylic acids is 2. The second-order valence-corrected chi connectivity index (χ2v) is 9.78. The van der Waals surface area contributed by atoms with E-state index < -0.39 is 0 Å². The molecule has 9 heteroatoms. The molecular formula is C26H19ClN4O2S2. The number of nitrogens with one attached hydrogen (secondary N) is 2. The van der Waals surface area contributed by atoms with Gasteiger partial charge in [-0.1, -0.05) is 47.6 Å². The smallest absolute Gasteiger partial charge is 0.234 e. The number of halogens is 1. The Balaban J connectivity index is 1.60. The zero-order valence-corrected chi connectivity index (χ0v) is 20.9. The molecule has 0 saturated carbocycles. The van der Waals surface area contributed by atoms with Gasteiger partial charge in [-0.05, 0) is 47.8 Å². The van der Waals surface area contributed by atoms with Crippen LogP contribution in [-0.4, -0.2) is 22.6 Å². The molecule has 0 spiro atoms. The van der Waals surface area contributed by atoms with Crippen molar-refractivity contribution in [1.29, 1.82) is 5.26 Å². The second-order valence-electron chi connectivity index (χ2n) is 7.43. The van der Waals surface area contributed by atoms with E-state index in [1.165, 1.54) is 30.0 Å². The highest BCUT2D eigenvalue weighted by atomic mass is 35.5. The van der Waals surface area contributed by atoms with Crippen molar-refractivity contribution in [2.75, 3.05) is 16.4 Å². The number of nitrogens with zero attached hydrogens (tertiary/aromatic N) is 2. The molecule has 2 aromatic heterocycles. The van der Waals surface area contributed by atoms with E-state index >= 15 is 0 Å². The summed E-state index contributed by atoms with van der Waals surface area (Å²) < 4.78 is 0. The highest BCUT2D eigenvalue weighted by Gasteiger charge is 2.18. The maximum Gasteiger partial charge on any atom is 0.234 e. The number of rotatable bonds is 7. The van der Waals surface area contributed by atoms with E-state index in [1.807, 2.05) is 35.7 Å². The van der Waals surface area contributed by atoms with Crippen LogP contribution in [0.5, 0.6) is 0 Å². The van der Waals surface area contributed by atoms with Crippen LogP contribution >= 0.6 is 34.7 Å². The molecule has 6 nitrogen and oxygen atoms in total. The van der Waals surface area contributed by atoms with Crippen LogP contribution in [0, 0.1) is 11.3 Å². The number of aromatic nitrogens is 1. The number of nitriles is 1. The van der Waals surface area contributed by atoms with Gasteiger partial charge in [0.15, 0.2) is 0 Å². The number of thioether (sulfide) groups is 1. The summed E-state index contributed by atoms with van der Waals surface area (Å²) in [4.78, 5) is 29.6. The van der Waals surface area contributed by atoms with Gasteiger partial charge in [-0.25, -0.2) is 4.98 Å². The van der Waals surface area contributed by atoms with E-state index in [0.29, 0.717) is 32.7 Å². The zero-order chi connectivity index (χ0) is 24.8. The largest absolute Gasteiger partial charge is 0.326 e. The molecule has 174 valence electrons. The Labute approximate surface area is 216 Å². The molecule has 35 heavy (non-hydrogen) atoms. The van der Waals surface area contributed by atoms with E-state index in [9.17, 15) is 14.9 Å². The number of pyridine rings is 1. The molecule has 0 radical (unpaired) electrons. The normalized spacial score (nSPS) is 10.4. The Morgan fingerprint density at radius 2 is 1.80 bits per heavy atom. The highest BCUT2D eigenvalue weighted by molar-refractivity contribution is 8.00. The first-order valence-corrected chi connectivity index (χ1v) is 12.7. The van der Waals surface area contributed by atoms with E-state index in [-0.39, 0.29) is 17.6 Å². The number of hydrogen-bond acceptors (Lipinski definition) is 6. The lowest BCUT2D eigenvalue weighted by Gasteiger charge is -2.12. The Bertz CT molecular complexity index is 1410. The van der Waals surface area contributed by atoms with Crippen molar-refractivity contribution < 1.29 is 9.59 Å². The van der Waals surface area contributed by atoms with E-state index in [2.05, 4.69) is 16.7 Å². The molecule has 0 aliphatic heterocycles. The third-order valence-electron chi connectivity index (χ3n) is 4.83. The molecular weight excluding hydrogens is 500 g/mol. The van der Waals surface area contributed by atoms with Crippen LogP contribution in [0.2, 0.25) is 5.02 Å². The van der Waals surface area contributed by atoms with Crippen LogP contribution in [-0.2, 0) is 9.59 Å². The predicted octanol–water partition coefficient (Wildman–Crippen LogP) is 6.69. The lowest BCUT2D eigenvalue weighted by molar-refractivity contribution is -0.114. The molecule has 0 fully saturated rings. The van der Waals surface area contributed by atoms with Gasteiger partial charge in [0.25, 0.3) is 0 Å². The number of carbonyl (C=O) groups is 2. The minimum absolute atomic E-state index is 0.0556. The molecule has 0 atom stereocenters. The van der Waals surface area contributed by atoms with Crippen LogP contribution in [0.1, 0.15) is 12.5 Å². The Kier molecular flexibility index (Phi) is 7.83. The van der Waals surface area contributed by atoms with Crippen LogP contribution in [0.3, 0.4) is 0 Å². The molecule has 0 bridgehead atoms. The maximum absolute atomic E-state index is 12.7. The molecule has 0 unspecified atom stereocenters. The summed E-state index contributed by atoms with van der Waals surface area (Å²) in [6, 6.07) is 22.3. The predicted molar refractivity (Wildman–Crippen MR) is 143 cm³/mol. The van der Waals surface area contributed by atoms with Gasteiger partial charge in [-0.15, -0.1) is 11.3 Å². The van der Waals surface area contributed by atoms with Crippen LogP contribution in [0.4, 0.5) is 11.4 Å². The number of anilines is 2. The van der Waals surface area contributed by atoms with Crippen molar-refractivity contribution in [2.24, 2.45) is 0 Å². The average molecular weight is 519 g/mol. The van der Waals surface area contributed by atoms with Crippen LogP contribution in [0.25, 0.3) is 21.7 Å². The summed E-state index contributed by atoms with van der Waals surface area (Å²) in [7, 11) is 0. The van der Waals surface area contributed by atoms with Crippen molar-refractivity contribution in [3.8, 4) is 27.8 Å². The van der Waals surface area contributed by atoms with Gasteiger partial charge < -0.3 is 10.6 Å². The van der Waals surface area contributed by atoms with Crippen molar-refractivity contribution in [3.05, 3.63) is 82.7 Å². The first-order chi connectivity index (χ1) is 16.9. The monoisotopic (exact) mass is 518 g/mol. The van der Waals surface area contributed by atoms with Gasteiger partial charge >= 0.3 is 0 Å². The topological polar surface area (TPSA) is 94.9 Å². The molecule has 0 aliphatic carbocycles. The van der Waals surface area contributed by atoms with Gasteiger partial charge in [0, 0.05) is 39.3 Å². The highest BCUT2D eigenvalue weighted by Crippen LogP contribution is 2.36. The van der Waals surface area contributed by atoms with Crippen LogP contribution in [0.15, 0.2) is 77.1 Å². The summed E-state index contributed by atoms with van der Waals surface area (Å²) in [5.74, 6) is -0.392. The minimum Gasteiger partial charge on any atom is -0.326 e. The van der Waals surface area contributed by atoms with Crippen molar-refractivity contribution in [3.63, 3.8) is 0 Å². The zero-order valence-electron chi connectivity index (χ0n) is 18.5. The van der Waals surface area contributed by atoms with E-state index in [0.717, 1.165) is 16.0 Å². The minimum atomic E-state index is -0.254. The van der Waals surface area contributed by atoms with Gasteiger partial charge in [-0.3, -0.25) is 9.59 Å². The average Bonchev–Trinajstić information content (AvgIpc) is 3.37. The lowest BCUT2D eigenvalue weighted by Crippen LogP contribution is -2.15. The fourth-order valence-electron chi connectivity index (χ4n) is 3.34. The SMILES string of the molecule is CC(=O)Nc1cccc(NC(=O)CSc2nc(-c3ccc(Cl)cc3)cc(-c3cccs3)c2C#N)c1. The second kappa shape index (κ2) is 11.2. The van der Waals surface area contributed by atoms with Gasteiger partial charge in [0.1, 0.15) is 11.1 Å². The van der Waals surface area contributed by atoms with Crippen LogP contribution < -0.4 is 10.6 Å². The lowest BCUT2D eigenvalue weighted by atomic mass is 10.0. The van der Waals surface area contributed by atoms with E-state index in [1.54, 1.807) is 36.4 Å². The summed E-state index contributed by atoms with van der Waals surface area (Å²) in [6.45, 7) is 1.42. The van der Waals surface area contributed by atoms with Crippen molar-refractivity contribution in [1.82, 2.24) is 4.98 Å². The molecule has 2 amide bonds. The molecule has 2 aromatic carbocycles. The summed E-state index contributed by atoms with van der Waals surface area (Å²) in [5, 5.41) is 18.5. The number of hydrogen-bond donors (Lipinski definition) is 2. The molecule has 4 aromatic rings.